The van der Waals surface area contributed by atoms with Crippen molar-refractivity contribution in [2.75, 3.05) is 13.2 Å². The van der Waals surface area contributed by atoms with E-state index >= 15 is 0 Å². The topological polar surface area (TPSA) is 34.2 Å². The Morgan fingerprint density at radius 1 is 1.14 bits per heavy atom. The standard InChI is InChI=1S/C18H26N2O/c1-5-19-17(18(13(3)4)21-6-2)15-9-7-11-16-14(15)10-8-12-20-16/h7-13,17-19H,5-6H2,1-4H3. The second-order valence-electron chi connectivity index (χ2n) is 5.62. The third kappa shape index (κ3) is 3.60. The molecule has 0 saturated heterocycles. The fourth-order valence-electron chi connectivity index (χ4n) is 2.89. The van der Waals surface area contributed by atoms with E-state index in [4.69, 9.17) is 4.74 Å². The first-order valence-electron chi connectivity index (χ1n) is 7.87. The molecule has 3 heteroatoms. The highest BCUT2D eigenvalue weighted by Crippen LogP contribution is 2.29. The molecular weight excluding hydrogens is 260 g/mol. The van der Waals surface area contributed by atoms with Gasteiger partial charge in [0.15, 0.2) is 0 Å². The van der Waals surface area contributed by atoms with Gasteiger partial charge in [0.05, 0.1) is 17.7 Å². The van der Waals surface area contributed by atoms with Crippen LogP contribution in [0.4, 0.5) is 0 Å². The maximum Gasteiger partial charge on any atom is 0.0792 e. The molecule has 2 atom stereocenters. The van der Waals surface area contributed by atoms with Crippen LogP contribution in [0.15, 0.2) is 36.5 Å². The van der Waals surface area contributed by atoms with Crippen molar-refractivity contribution >= 4 is 10.9 Å². The van der Waals surface area contributed by atoms with E-state index in [1.165, 1.54) is 10.9 Å². The molecule has 1 aromatic carbocycles. The highest BCUT2D eigenvalue weighted by atomic mass is 16.5. The van der Waals surface area contributed by atoms with Crippen molar-refractivity contribution in [1.82, 2.24) is 10.3 Å². The van der Waals surface area contributed by atoms with Crippen molar-refractivity contribution in [1.29, 1.82) is 0 Å². The van der Waals surface area contributed by atoms with E-state index in [2.05, 4.69) is 62.3 Å². The molecule has 0 aliphatic rings. The summed E-state index contributed by atoms with van der Waals surface area (Å²) in [5.41, 5.74) is 2.31. The molecule has 0 fully saturated rings. The molecule has 0 amide bonds. The maximum atomic E-state index is 6.04. The Labute approximate surface area is 127 Å². The highest BCUT2D eigenvalue weighted by Gasteiger charge is 2.27. The molecule has 21 heavy (non-hydrogen) atoms. The molecule has 0 saturated carbocycles. The Kier molecular flexibility index (Phi) is 5.71. The zero-order valence-corrected chi connectivity index (χ0v) is 13.5. The molecule has 1 heterocycles. The Morgan fingerprint density at radius 3 is 2.62 bits per heavy atom. The minimum atomic E-state index is 0.153. The Hall–Kier alpha value is -1.45. The van der Waals surface area contributed by atoms with Crippen LogP contribution in [0.2, 0.25) is 0 Å². The summed E-state index contributed by atoms with van der Waals surface area (Å²) in [6, 6.07) is 10.7. The molecule has 0 bridgehead atoms. The first kappa shape index (κ1) is 15.9. The second kappa shape index (κ2) is 7.53. The van der Waals surface area contributed by atoms with Crippen LogP contribution in [0.5, 0.6) is 0 Å². The van der Waals surface area contributed by atoms with Crippen molar-refractivity contribution in [3.63, 3.8) is 0 Å². The van der Waals surface area contributed by atoms with Gasteiger partial charge in [0.1, 0.15) is 0 Å². The number of hydrogen-bond donors (Lipinski definition) is 1. The normalized spacial score (nSPS) is 14.5. The minimum Gasteiger partial charge on any atom is -0.376 e. The van der Waals surface area contributed by atoms with Gasteiger partial charge in [-0.15, -0.1) is 0 Å². The molecule has 0 spiro atoms. The minimum absolute atomic E-state index is 0.153. The molecule has 114 valence electrons. The second-order valence-corrected chi connectivity index (χ2v) is 5.62. The van der Waals surface area contributed by atoms with E-state index in [1.54, 1.807) is 0 Å². The number of fused-ring (bicyclic) bond motifs is 1. The highest BCUT2D eigenvalue weighted by molar-refractivity contribution is 5.82. The van der Waals surface area contributed by atoms with Gasteiger partial charge in [-0.3, -0.25) is 4.98 Å². The zero-order valence-electron chi connectivity index (χ0n) is 13.5. The number of ether oxygens (including phenoxy) is 1. The molecule has 2 rings (SSSR count). The van der Waals surface area contributed by atoms with Crippen LogP contribution in [0.1, 0.15) is 39.3 Å². The van der Waals surface area contributed by atoms with Crippen LogP contribution in [-0.2, 0) is 4.74 Å². The lowest BCUT2D eigenvalue weighted by molar-refractivity contribution is 0.00351. The van der Waals surface area contributed by atoms with Crippen LogP contribution in [0.3, 0.4) is 0 Å². The number of nitrogens with one attached hydrogen (secondary N) is 1. The summed E-state index contributed by atoms with van der Waals surface area (Å²) in [6.07, 6.45) is 2.00. The van der Waals surface area contributed by atoms with Gasteiger partial charge in [-0.25, -0.2) is 0 Å². The summed E-state index contributed by atoms with van der Waals surface area (Å²) in [7, 11) is 0. The first-order valence-corrected chi connectivity index (χ1v) is 7.87. The SMILES string of the molecule is CCNC(c1cccc2ncccc12)C(OCC)C(C)C. The van der Waals surface area contributed by atoms with Crippen LogP contribution in [0.25, 0.3) is 10.9 Å². The van der Waals surface area contributed by atoms with E-state index in [0.717, 1.165) is 18.7 Å². The van der Waals surface area contributed by atoms with E-state index in [9.17, 15) is 0 Å². The van der Waals surface area contributed by atoms with Crippen molar-refractivity contribution < 1.29 is 4.74 Å². The summed E-state index contributed by atoms with van der Waals surface area (Å²) in [5, 5.41) is 4.81. The number of nitrogens with zero attached hydrogens (tertiary/aromatic N) is 1. The molecule has 0 radical (unpaired) electrons. The average molecular weight is 286 g/mol. The quantitative estimate of drug-likeness (QED) is 0.837. The van der Waals surface area contributed by atoms with E-state index in [-0.39, 0.29) is 12.1 Å². The number of likely N-dealkylation sites (N-methyl/N-ethyl adjacent to an activating group) is 1. The van der Waals surface area contributed by atoms with Gasteiger partial charge in [-0.05, 0) is 37.1 Å². The van der Waals surface area contributed by atoms with Gasteiger partial charge in [0.2, 0.25) is 0 Å². The smallest absolute Gasteiger partial charge is 0.0792 e. The number of aromatic nitrogens is 1. The monoisotopic (exact) mass is 286 g/mol. The largest absolute Gasteiger partial charge is 0.376 e. The molecule has 1 N–H and O–H groups in total. The predicted octanol–water partition coefficient (Wildman–Crippen LogP) is 3.95. The summed E-state index contributed by atoms with van der Waals surface area (Å²) in [4.78, 5) is 4.47. The summed E-state index contributed by atoms with van der Waals surface area (Å²) < 4.78 is 6.04. The Balaban J connectivity index is 2.48. The van der Waals surface area contributed by atoms with Gasteiger partial charge >= 0.3 is 0 Å². The van der Waals surface area contributed by atoms with Crippen molar-refractivity contribution in [3.05, 3.63) is 42.1 Å². The lowest BCUT2D eigenvalue weighted by atomic mass is 9.91. The fourth-order valence-corrected chi connectivity index (χ4v) is 2.89. The molecule has 0 aliphatic carbocycles. The lowest BCUT2D eigenvalue weighted by Crippen LogP contribution is -2.37. The fraction of sp³-hybridized carbons (Fsp3) is 0.500. The van der Waals surface area contributed by atoms with E-state index in [1.807, 2.05) is 12.3 Å². The van der Waals surface area contributed by atoms with Crippen molar-refractivity contribution in [2.45, 2.75) is 39.8 Å². The van der Waals surface area contributed by atoms with Crippen LogP contribution < -0.4 is 5.32 Å². The van der Waals surface area contributed by atoms with Crippen molar-refractivity contribution in [3.8, 4) is 0 Å². The third-order valence-electron chi connectivity index (χ3n) is 3.78. The van der Waals surface area contributed by atoms with E-state index in [0.29, 0.717) is 5.92 Å². The van der Waals surface area contributed by atoms with Crippen LogP contribution in [0, 0.1) is 5.92 Å². The Bertz CT molecular complexity index is 563. The van der Waals surface area contributed by atoms with Gasteiger partial charge < -0.3 is 10.1 Å². The number of hydrogen-bond acceptors (Lipinski definition) is 3. The van der Waals surface area contributed by atoms with Gasteiger partial charge in [-0.2, -0.15) is 0 Å². The van der Waals surface area contributed by atoms with Gasteiger partial charge in [0, 0.05) is 18.2 Å². The predicted molar refractivity (Wildman–Crippen MR) is 88.4 cm³/mol. The molecule has 2 aromatic rings. The molecule has 1 aromatic heterocycles. The van der Waals surface area contributed by atoms with Crippen LogP contribution in [-0.4, -0.2) is 24.2 Å². The van der Waals surface area contributed by atoms with Crippen molar-refractivity contribution in [2.24, 2.45) is 5.92 Å². The van der Waals surface area contributed by atoms with E-state index < -0.39 is 0 Å². The zero-order chi connectivity index (χ0) is 15.2. The number of benzene rings is 1. The van der Waals surface area contributed by atoms with Gasteiger partial charge in [-0.1, -0.05) is 39.0 Å². The molecular formula is C18H26N2O. The number of rotatable bonds is 7. The maximum absolute atomic E-state index is 6.04. The molecule has 2 unspecified atom stereocenters. The summed E-state index contributed by atoms with van der Waals surface area (Å²) in [5.74, 6) is 0.445. The van der Waals surface area contributed by atoms with Crippen LogP contribution >= 0.6 is 0 Å². The third-order valence-corrected chi connectivity index (χ3v) is 3.78. The summed E-state index contributed by atoms with van der Waals surface area (Å²) >= 11 is 0. The van der Waals surface area contributed by atoms with Gasteiger partial charge in [0.25, 0.3) is 0 Å². The lowest BCUT2D eigenvalue weighted by Gasteiger charge is -2.31. The number of pyridine rings is 1. The Morgan fingerprint density at radius 2 is 1.95 bits per heavy atom. The first-order chi connectivity index (χ1) is 10.2. The summed E-state index contributed by atoms with van der Waals surface area (Å²) in [6.45, 7) is 10.3. The molecule has 3 nitrogen and oxygen atoms in total. The average Bonchev–Trinajstić information content (AvgIpc) is 2.50. The molecule has 0 aliphatic heterocycles.